The lowest BCUT2D eigenvalue weighted by Gasteiger charge is -2.05. The van der Waals surface area contributed by atoms with E-state index in [2.05, 4.69) is 15.9 Å². The SMILES string of the molecule is C#Cc1ccc(F)c(-c2ncc(N)c(C(N)=O)n2)c1.CN1CCC(O)C1=O. The van der Waals surface area contributed by atoms with Crippen LogP contribution < -0.4 is 11.5 Å². The van der Waals surface area contributed by atoms with Gasteiger partial charge in [-0.1, -0.05) is 5.92 Å². The molecule has 1 aliphatic rings. The fourth-order valence-corrected chi connectivity index (χ4v) is 2.31. The van der Waals surface area contributed by atoms with E-state index in [4.69, 9.17) is 23.0 Å². The molecule has 27 heavy (non-hydrogen) atoms. The Hall–Kier alpha value is -3.51. The van der Waals surface area contributed by atoms with Crippen LogP contribution in [-0.2, 0) is 4.79 Å². The van der Waals surface area contributed by atoms with Gasteiger partial charge in [-0.2, -0.15) is 0 Å². The van der Waals surface area contributed by atoms with Crippen molar-refractivity contribution in [1.29, 1.82) is 0 Å². The molecule has 0 radical (unpaired) electrons. The third-order valence-corrected chi connectivity index (χ3v) is 3.82. The van der Waals surface area contributed by atoms with E-state index >= 15 is 0 Å². The zero-order chi connectivity index (χ0) is 20.1. The molecule has 1 fully saturated rings. The second-order valence-electron chi connectivity index (χ2n) is 5.77. The van der Waals surface area contributed by atoms with Crippen molar-refractivity contribution in [2.24, 2.45) is 5.73 Å². The van der Waals surface area contributed by atoms with E-state index in [9.17, 15) is 14.0 Å². The van der Waals surface area contributed by atoms with Gasteiger partial charge in [0.25, 0.3) is 11.8 Å². The van der Waals surface area contributed by atoms with Gasteiger partial charge in [-0.25, -0.2) is 14.4 Å². The first-order valence-electron chi connectivity index (χ1n) is 7.86. The van der Waals surface area contributed by atoms with Crippen LogP contribution in [0.5, 0.6) is 0 Å². The summed E-state index contributed by atoms with van der Waals surface area (Å²) in [5.41, 5.74) is 11.1. The summed E-state index contributed by atoms with van der Waals surface area (Å²) in [5, 5.41) is 8.78. The second kappa shape index (κ2) is 8.25. The summed E-state index contributed by atoms with van der Waals surface area (Å²) in [4.78, 5) is 31.0. The lowest BCUT2D eigenvalue weighted by molar-refractivity contribution is -0.133. The minimum Gasteiger partial charge on any atom is -0.396 e. The molecule has 140 valence electrons. The van der Waals surface area contributed by atoms with Gasteiger partial charge in [0.15, 0.2) is 11.5 Å². The highest BCUT2D eigenvalue weighted by Gasteiger charge is 2.26. The largest absolute Gasteiger partial charge is 0.396 e. The Morgan fingerprint density at radius 3 is 2.67 bits per heavy atom. The molecule has 8 nitrogen and oxygen atoms in total. The molecular formula is C18H18FN5O3. The number of carbonyl (C=O) groups is 2. The number of nitrogens with two attached hydrogens (primary N) is 2. The van der Waals surface area contributed by atoms with Crippen LogP contribution in [0.4, 0.5) is 10.1 Å². The van der Waals surface area contributed by atoms with Gasteiger partial charge in [-0.05, 0) is 24.6 Å². The van der Waals surface area contributed by atoms with E-state index < -0.39 is 17.8 Å². The normalized spacial score (nSPS) is 15.7. The summed E-state index contributed by atoms with van der Waals surface area (Å²) in [7, 11) is 1.69. The lowest BCUT2D eigenvalue weighted by Crippen LogP contribution is -2.24. The van der Waals surface area contributed by atoms with Crippen LogP contribution in [0.25, 0.3) is 11.4 Å². The van der Waals surface area contributed by atoms with Crippen molar-refractivity contribution in [2.45, 2.75) is 12.5 Å². The van der Waals surface area contributed by atoms with Crippen LogP contribution in [0.2, 0.25) is 0 Å². The van der Waals surface area contributed by atoms with Crippen LogP contribution in [0, 0.1) is 18.2 Å². The monoisotopic (exact) mass is 371 g/mol. The van der Waals surface area contributed by atoms with Crippen molar-refractivity contribution in [3.05, 3.63) is 41.5 Å². The molecule has 0 spiro atoms. The minimum absolute atomic E-state index is 0.00222. The maximum Gasteiger partial charge on any atom is 0.269 e. The molecule has 1 unspecified atom stereocenters. The van der Waals surface area contributed by atoms with Crippen LogP contribution in [0.1, 0.15) is 22.5 Å². The van der Waals surface area contributed by atoms with E-state index in [0.29, 0.717) is 18.5 Å². The van der Waals surface area contributed by atoms with Gasteiger partial charge in [0, 0.05) is 19.2 Å². The summed E-state index contributed by atoms with van der Waals surface area (Å²) in [6.45, 7) is 0.694. The molecule has 1 atom stereocenters. The number of hydrogen-bond donors (Lipinski definition) is 3. The quantitative estimate of drug-likeness (QED) is 0.643. The fourth-order valence-electron chi connectivity index (χ4n) is 2.31. The van der Waals surface area contributed by atoms with Crippen molar-refractivity contribution in [3.8, 4) is 23.7 Å². The number of nitrogen functional groups attached to an aromatic ring is 1. The summed E-state index contributed by atoms with van der Waals surface area (Å²) >= 11 is 0. The number of primary amides is 1. The second-order valence-corrected chi connectivity index (χ2v) is 5.77. The number of aliphatic hydroxyl groups excluding tert-OH is 1. The van der Waals surface area contributed by atoms with Crippen LogP contribution in [0.3, 0.4) is 0 Å². The van der Waals surface area contributed by atoms with Gasteiger partial charge in [-0.3, -0.25) is 9.59 Å². The van der Waals surface area contributed by atoms with Crippen molar-refractivity contribution >= 4 is 17.5 Å². The molecule has 2 amide bonds. The van der Waals surface area contributed by atoms with Gasteiger partial charge in [-0.15, -0.1) is 6.42 Å². The Morgan fingerprint density at radius 1 is 1.48 bits per heavy atom. The van der Waals surface area contributed by atoms with Crippen LogP contribution >= 0.6 is 0 Å². The Labute approximate surface area is 155 Å². The van der Waals surface area contributed by atoms with Crippen molar-refractivity contribution in [2.75, 3.05) is 19.3 Å². The van der Waals surface area contributed by atoms with Gasteiger partial charge < -0.3 is 21.5 Å². The first kappa shape index (κ1) is 19.8. The Balaban J connectivity index is 0.000000273. The number of nitrogens with zero attached hydrogens (tertiary/aromatic N) is 3. The summed E-state index contributed by atoms with van der Waals surface area (Å²) in [5.74, 6) is 0.857. The van der Waals surface area contributed by atoms with Crippen molar-refractivity contribution < 1.29 is 19.1 Å². The maximum absolute atomic E-state index is 13.7. The number of amides is 2. The fraction of sp³-hybridized carbons (Fsp3) is 0.222. The molecule has 2 heterocycles. The van der Waals surface area contributed by atoms with Gasteiger partial charge in [0.1, 0.15) is 11.9 Å². The molecule has 2 aromatic rings. The number of carbonyl (C=O) groups excluding carboxylic acids is 2. The van der Waals surface area contributed by atoms with E-state index in [0.717, 1.165) is 0 Å². The molecule has 0 aliphatic carbocycles. The molecule has 1 aromatic carbocycles. The summed E-state index contributed by atoms with van der Waals surface area (Å²) in [6.07, 6.45) is 6.31. The zero-order valence-corrected chi connectivity index (χ0v) is 14.5. The average Bonchev–Trinajstić information content (AvgIpc) is 2.94. The number of aliphatic hydroxyl groups is 1. The van der Waals surface area contributed by atoms with Gasteiger partial charge >= 0.3 is 0 Å². The molecule has 1 aliphatic heterocycles. The first-order valence-corrected chi connectivity index (χ1v) is 7.86. The molecule has 5 N–H and O–H groups in total. The number of terminal acetylenes is 1. The van der Waals surface area contributed by atoms with Crippen LogP contribution in [-0.4, -0.2) is 51.5 Å². The zero-order valence-electron chi connectivity index (χ0n) is 14.5. The van der Waals surface area contributed by atoms with E-state index in [-0.39, 0.29) is 28.7 Å². The Bertz CT molecular complexity index is 914. The number of likely N-dealkylation sites (N-methyl/N-ethyl adjacent to an activating group) is 1. The topological polar surface area (TPSA) is 135 Å². The average molecular weight is 371 g/mol. The van der Waals surface area contributed by atoms with Gasteiger partial charge in [0.2, 0.25) is 0 Å². The Morgan fingerprint density at radius 2 is 2.19 bits per heavy atom. The summed E-state index contributed by atoms with van der Waals surface area (Å²) in [6, 6.07) is 4.06. The highest BCUT2D eigenvalue weighted by atomic mass is 19.1. The van der Waals surface area contributed by atoms with E-state index in [1.54, 1.807) is 7.05 Å². The molecular weight excluding hydrogens is 353 g/mol. The number of benzene rings is 1. The number of aromatic nitrogens is 2. The molecule has 0 bridgehead atoms. The number of rotatable bonds is 2. The minimum atomic E-state index is -0.810. The highest BCUT2D eigenvalue weighted by Crippen LogP contribution is 2.22. The number of halogens is 1. The molecule has 0 saturated carbocycles. The van der Waals surface area contributed by atoms with Gasteiger partial charge in [0.05, 0.1) is 17.4 Å². The van der Waals surface area contributed by atoms with E-state index in [1.165, 1.54) is 29.3 Å². The number of likely N-dealkylation sites (tertiary alicyclic amines) is 1. The Kier molecular flexibility index (Phi) is 6.05. The maximum atomic E-state index is 13.7. The van der Waals surface area contributed by atoms with Crippen molar-refractivity contribution in [3.63, 3.8) is 0 Å². The predicted molar refractivity (Wildman–Crippen MR) is 96.6 cm³/mol. The van der Waals surface area contributed by atoms with E-state index in [1.807, 2.05) is 0 Å². The summed E-state index contributed by atoms with van der Waals surface area (Å²) < 4.78 is 13.7. The predicted octanol–water partition coefficient (Wildman–Crippen LogP) is 0.154. The number of anilines is 1. The molecule has 3 rings (SSSR count). The lowest BCUT2D eigenvalue weighted by atomic mass is 10.1. The third-order valence-electron chi connectivity index (χ3n) is 3.82. The van der Waals surface area contributed by atoms with Crippen molar-refractivity contribution in [1.82, 2.24) is 14.9 Å². The van der Waals surface area contributed by atoms with Crippen LogP contribution in [0.15, 0.2) is 24.4 Å². The number of hydrogen-bond acceptors (Lipinski definition) is 6. The third kappa shape index (κ3) is 4.56. The standard InChI is InChI=1S/C13H9FN4O.C5H9NO2/c1-2-7-3-4-9(14)8(5-7)13-17-6-10(15)11(18-13)12(16)19;1-6-3-2-4(7)5(6)8/h1,3-6H,15H2,(H2,16,19);4,7H,2-3H2,1H3. The highest BCUT2D eigenvalue weighted by molar-refractivity contribution is 5.96. The molecule has 1 aromatic heterocycles. The molecule has 1 saturated heterocycles. The smallest absolute Gasteiger partial charge is 0.269 e. The first-order chi connectivity index (χ1) is 12.7. The molecule has 9 heteroatoms.